The first-order valence-electron chi connectivity index (χ1n) is 9.55. The Hall–Kier alpha value is -3.09. The maximum absolute atomic E-state index is 13.3. The van der Waals surface area contributed by atoms with E-state index < -0.39 is 0 Å². The molecule has 2 amide bonds. The largest absolute Gasteiger partial charge is 0.493 e. The summed E-state index contributed by atoms with van der Waals surface area (Å²) in [5.74, 6) is 0.509. The quantitative estimate of drug-likeness (QED) is 0.810. The molecule has 1 heterocycles. The predicted molar refractivity (Wildman–Crippen MR) is 107 cm³/mol. The Morgan fingerprint density at radius 1 is 1.07 bits per heavy atom. The first kappa shape index (κ1) is 20.6. The predicted octanol–water partition coefficient (Wildman–Crippen LogP) is 2.81. The van der Waals surface area contributed by atoms with Gasteiger partial charge in [-0.1, -0.05) is 12.1 Å². The average molecular weight is 400 g/mol. The van der Waals surface area contributed by atoms with E-state index in [-0.39, 0.29) is 30.1 Å². The lowest BCUT2D eigenvalue weighted by atomic mass is 10.0. The molecule has 0 saturated carbocycles. The van der Waals surface area contributed by atoms with Gasteiger partial charge in [0.25, 0.3) is 5.91 Å². The van der Waals surface area contributed by atoms with Gasteiger partial charge in [-0.3, -0.25) is 9.59 Å². The Kier molecular flexibility index (Phi) is 6.69. The number of nitrogens with zero attached hydrogens (tertiary/aromatic N) is 1. The minimum Gasteiger partial charge on any atom is -0.493 e. The molecule has 0 aromatic heterocycles. The third-order valence-electron chi connectivity index (χ3n) is 5.07. The summed E-state index contributed by atoms with van der Waals surface area (Å²) < 4.78 is 23.7. The molecule has 0 radical (unpaired) electrons. The molecule has 0 bridgehead atoms. The van der Waals surface area contributed by atoms with E-state index in [4.69, 9.17) is 9.47 Å². The minimum absolute atomic E-state index is 0.00573. The number of ether oxygens (including phenoxy) is 2. The average Bonchev–Trinajstić information content (AvgIpc) is 2.73. The molecule has 1 N–H and O–H groups in total. The van der Waals surface area contributed by atoms with Crippen LogP contribution in [0, 0.1) is 5.82 Å². The van der Waals surface area contributed by atoms with Crippen LogP contribution in [0.5, 0.6) is 11.5 Å². The number of hydrogen-bond donors (Lipinski definition) is 1. The summed E-state index contributed by atoms with van der Waals surface area (Å²) in [7, 11) is 3.07. The first-order valence-corrected chi connectivity index (χ1v) is 9.55. The van der Waals surface area contributed by atoms with Crippen LogP contribution in [-0.4, -0.2) is 50.1 Å². The lowest BCUT2D eigenvalue weighted by Crippen LogP contribution is -2.47. The van der Waals surface area contributed by atoms with Crippen molar-refractivity contribution in [2.45, 2.75) is 25.3 Å². The van der Waals surface area contributed by atoms with Crippen LogP contribution in [0.4, 0.5) is 4.39 Å². The molecular weight excluding hydrogens is 375 g/mol. The van der Waals surface area contributed by atoms with E-state index in [9.17, 15) is 14.0 Å². The molecule has 3 rings (SSSR count). The molecule has 29 heavy (non-hydrogen) atoms. The van der Waals surface area contributed by atoms with Crippen molar-refractivity contribution in [2.75, 3.05) is 27.3 Å². The molecule has 154 valence electrons. The SMILES string of the molecule is COc1ccc(C(=O)NC2CCN(C(=O)Cc3cccc(F)c3)CC2)cc1OC. The number of carbonyl (C=O) groups excluding carboxylic acids is 2. The molecule has 2 aromatic rings. The van der Waals surface area contributed by atoms with Gasteiger partial charge in [0.05, 0.1) is 20.6 Å². The highest BCUT2D eigenvalue weighted by atomic mass is 19.1. The van der Waals surface area contributed by atoms with E-state index in [0.29, 0.717) is 48.6 Å². The lowest BCUT2D eigenvalue weighted by Gasteiger charge is -2.32. The number of carbonyl (C=O) groups is 2. The zero-order chi connectivity index (χ0) is 20.8. The summed E-state index contributed by atoms with van der Waals surface area (Å²) in [5.41, 5.74) is 1.16. The molecule has 7 heteroatoms. The van der Waals surface area contributed by atoms with Crippen molar-refractivity contribution in [1.29, 1.82) is 0 Å². The smallest absolute Gasteiger partial charge is 0.251 e. The van der Waals surface area contributed by atoms with Crippen LogP contribution < -0.4 is 14.8 Å². The molecule has 1 aliphatic heterocycles. The van der Waals surface area contributed by atoms with Crippen LogP contribution in [0.25, 0.3) is 0 Å². The van der Waals surface area contributed by atoms with E-state index in [1.807, 2.05) is 0 Å². The third kappa shape index (κ3) is 5.25. The fraction of sp³-hybridized carbons (Fsp3) is 0.364. The van der Waals surface area contributed by atoms with Crippen LogP contribution in [-0.2, 0) is 11.2 Å². The number of hydrogen-bond acceptors (Lipinski definition) is 4. The van der Waals surface area contributed by atoms with Crippen LogP contribution in [0.1, 0.15) is 28.8 Å². The molecule has 0 atom stereocenters. The summed E-state index contributed by atoms with van der Waals surface area (Å²) in [4.78, 5) is 26.8. The van der Waals surface area contributed by atoms with Crippen molar-refractivity contribution in [2.24, 2.45) is 0 Å². The third-order valence-corrected chi connectivity index (χ3v) is 5.07. The van der Waals surface area contributed by atoms with E-state index in [1.54, 1.807) is 42.3 Å². The highest BCUT2D eigenvalue weighted by Crippen LogP contribution is 2.27. The molecule has 0 spiro atoms. The monoisotopic (exact) mass is 400 g/mol. The molecule has 1 aliphatic rings. The highest BCUT2D eigenvalue weighted by molar-refractivity contribution is 5.95. The standard InChI is InChI=1S/C22H25FN2O4/c1-28-19-7-6-16(14-20(19)29-2)22(27)24-18-8-10-25(11-9-18)21(26)13-15-4-3-5-17(23)12-15/h3-7,12,14,18H,8-11,13H2,1-2H3,(H,24,27). The second-order valence-electron chi connectivity index (χ2n) is 7.00. The Balaban J connectivity index is 1.51. The number of rotatable bonds is 6. The van der Waals surface area contributed by atoms with Crippen LogP contribution in [0.2, 0.25) is 0 Å². The molecule has 1 saturated heterocycles. The number of nitrogens with one attached hydrogen (secondary N) is 1. The molecule has 0 aliphatic carbocycles. The van der Waals surface area contributed by atoms with Crippen molar-refractivity contribution >= 4 is 11.8 Å². The van der Waals surface area contributed by atoms with Crippen molar-refractivity contribution in [3.63, 3.8) is 0 Å². The summed E-state index contributed by atoms with van der Waals surface area (Å²) >= 11 is 0. The minimum atomic E-state index is -0.341. The van der Waals surface area contributed by atoms with Crippen LogP contribution >= 0.6 is 0 Å². The number of methoxy groups -OCH3 is 2. The topological polar surface area (TPSA) is 67.9 Å². The molecular formula is C22H25FN2O4. The van der Waals surface area contributed by atoms with Crippen LogP contribution in [0.15, 0.2) is 42.5 Å². The molecule has 1 fully saturated rings. The van der Waals surface area contributed by atoms with Gasteiger partial charge in [0.2, 0.25) is 5.91 Å². The normalized spacial score (nSPS) is 14.4. The highest BCUT2D eigenvalue weighted by Gasteiger charge is 2.24. The fourth-order valence-electron chi connectivity index (χ4n) is 3.45. The van der Waals surface area contributed by atoms with E-state index in [1.165, 1.54) is 19.2 Å². The summed E-state index contributed by atoms with van der Waals surface area (Å²) in [6, 6.07) is 11.1. The van der Waals surface area contributed by atoms with Gasteiger partial charge in [0, 0.05) is 24.7 Å². The van der Waals surface area contributed by atoms with Gasteiger partial charge in [-0.05, 0) is 48.7 Å². The second kappa shape index (κ2) is 9.41. The van der Waals surface area contributed by atoms with Gasteiger partial charge in [0.1, 0.15) is 5.82 Å². The van der Waals surface area contributed by atoms with Gasteiger partial charge >= 0.3 is 0 Å². The van der Waals surface area contributed by atoms with E-state index in [2.05, 4.69) is 5.32 Å². The van der Waals surface area contributed by atoms with Gasteiger partial charge in [-0.15, -0.1) is 0 Å². The lowest BCUT2D eigenvalue weighted by molar-refractivity contribution is -0.131. The zero-order valence-electron chi connectivity index (χ0n) is 16.6. The first-order chi connectivity index (χ1) is 14.0. The Labute approximate surface area is 169 Å². The summed E-state index contributed by atoms with van der Waals surface area (Å²) in [5, 5.41) is 3.02. The van der Waals surface area contributed by atoms with Crippen LogP contribution in [0.3, 0.4) is 0 Å². The summed E-state index contributed by atoms with van der Waals surface area (Å²) in [6.07, 6.45) is 1.53. The summed E-state index contributed by atoms with van der Waals surface area (Å²) in [6.45, 7) is 1.12. The maximum atomic E-state index is 13.3. The maximum Gasteiger partial charge on any atom is 0.251 e. The molecule has 2 aromatic carbocycles. The second-order valence-corrected chi connectivity index (χ2v) is 7.00. The zero-order valence-corrected chi connectivity index (χ0v) is 16.6. The van der Waals surface area contributed by atoms with Gasteiger partial charge < -0.3 is 19.7 Å². The molecule has 0 unspecified atom stereocenters. The number of amides is 2. The Morgan fingerprint density at radius 3 is 2.45 bits per heavy atom. The Bertz CT molecular complexity index is 879. The van der Waals surface area contributed by atoms with E-state index >= 15 is 0 Å². The van der Waals surface area contributed by atoms with Gasteiger partial charge in [-0.2, -0.15) is 0 Å². The van der Waals surface area contributed by atoms with Crippen molar-refractivity contribution in [3.8, 4) is 11.5 Å². The number of piperidine rings is 1. The number of halogens is 1. The van der Waals surface area contributed by atoms with E-state index in [0.717, 1.165) is 0 Å². The fourth-order valence-corrected chi connectivity index (χ4v) is 3.45. The van der Waals surface area contributed by atoms with Crippen molar-refractivity contribution in [3.05, 3.63) is 59.4 Å². The molecule has 6 nitrogen and oxygen atoms in total. The van der Waals surface area contributed by atoms with Gasteiger partial charge in [0.15, 0.2) is 11.5 Å². The number of benzene rings is 2. The Morgan fingerprint density at radius 2 is 1.79 bits per heavy atom. The van der Waals surface area contributed by atoms with Crippen molar-refractivity contribution in [1.82, 2.24) is 10.2 Å². The number of likely N-dealkylation sites (tertiary alicyclic amines) is 1. The van der Waals surface area contributed by atoms with Gasteiger partial charge in [-0.25, -0.2) is 4.39 Å². The van der Waals surface area contributed by atoms with Crippen molar-refractivity contribution < 1.29 is 23.5 Å².